The number of nitrogens with one attached hydrogen (secondary N) is 1. The lowest BCUT2D eigenvalue weighted by Gasteiger charge is -2.41. The Kier molecular flexibility index (Phi) is 4.03. The van der Waals surface area contributed by atoms with Crippen molar-refractivity contribution in [1.82, 2.24) is 10.3 Å². The number of fused-ring (bicyclic) bond motifs is 1. The molecular formula is C19H22N2O3. The average molecular weight is 326 g/mol. The van der Waals surface area contributed by atoms with E-state index >= 15 is 0 Å². The van der Waals surface area contributed by atoms with Crippen LogP contribution in [0.15, 0.2) is 47.6 Å². The van der Waals surface area contributed by atoms with Crippen LogP contribution in [0.25, 0.3) is 0 Å². The number of hydrogen-bond acceptors (Lipinski definition) is 5. The van der Waals surface area contributed by atoms with E-state index in [1.807, 2.05) is 32.9 Å². The number of nitrogens with zero attached hydrogens (tertiary/aromatic N) is 1. The first-order valence-corrected chi connectivity index (χ1v) is 8.05. The highest BCUT2D eigenvalue weighted by molar-refractivity contribution is 5.96. The van der Waals surface area contributed by atoms with Crippen LogP contribution in [0.4, 0.5) is 0 Å². The number of rotatable bonds is 2. The maximum absolute atomic E-state index is 12.9. The van der Waals surface area contributed by atoms with E-state index in [9.17, 15) is 9.59 Å². The van der Waals surface area contributed by atoms with Crippen LogP contribution in [0, 0.1) is 11.3 Å². The highest BCUT2D eigenvalue weighted by atomic mass is 16.5. The number of hydrogen-bond donors (Lipinski definition) is 1. The third-order valence-corrected chi connectivity index (χ3v) is 4.69. The van der Waals surface area contributed by atoms with Gasteiger partial charge in [0.2, 0.25) is 0 Å². The van der Waals surface area contributed by atoms with Crippen LogP contribution < -0.4 is 5.32 Å². The fraction of sp³-hybridized carbons (Fsp3) is 0.421. The third kappa shape index (κ3) is 2.75. The molecule has 1 aliphatic heterocycles. The largest absolute Gasteiger partial charge is 0.466 e. The van der Waals surface area contributed by atoms with Gasteiger partial charge in [-0.05, 0) is 24.0 Å². The normalized spacial score (nSPS) is 25.5. The zero-order valence-electron chi connectivity index (χ0n) is 14.4. The topological polar surface area (TPSA) is 68.3 Å². The fourth-order valence-corrected chi connectivity index (χ4v) is 3.77. The number of carbonyl (C=O) groups is 2. The monoisotopic (exact) mass is 326 g/mol. The van der Waals surface area contributed by atoms with Crippen LogP contribution in [0.2, 0.25) is 0 Å². The summed E-state index contributed by atoms with van der Waals surface area (Å²) in [7, 11) is 1.36. The van der Waals surface area contributed by atoms with Crippen LogP contribution in [0.3, 0.4) is 0 Å². The van der Waals surface area contributed by atoms with Gasteiger partial charge in [-0.3, -0.25) is 9.78 Å². The number of ether oxygens (including phenoxy) is 1. The first-order valence-electron chi connectivity index (χ1n) is 8.05. The van der Waals surface area contributed by atoms with E-state index < -0.39 is 11.9 Å². The molecule has 5 nitrogen and oxygen atoms in total. The summed E-state index contributed by atoms with van der Waals surface area (Å²) in [6.45, 7) is 5.94. The molecular weight excluding hydrogens is 304 g/mol. The van der Waals surface area contributed by atoms with E-state index in [0.717, 1.165) is 17.0 Å². The Bertz CT molecular complexity index is 747. The van der Waals surface area contributed by atoms with Crippen LogP contribution in [0.5, 0.6) is 0 Å². The molecule has 1 aromatic rings. The number of ketones is 1. The molecule has 0 saturated heterocycles. The molecule has 1 aromatic heterocycles. The number of carbonyl (C=O) groups excluding carboxylic acids is 2. The van der Waals surface area contributed by atoms with E-state index in [-0.39, 0.29) is 17.1 Å². The van der Waals surface area contributed by atoms with Gasteiger partial charge < -0.3 is 10.1 Å². The molecule has 2 atom stereocenters. The summed E-state index contributed by atoms with van der Waals surface area (Å²) >= 11 is 0. The van der Waals surface area contributed by atoms with E-state index in [1.165, 1.54) is 7.11 Å². The van der Waals surface area contributed by atoms with Crippen molar-refractivity contribution in [3.05, 3.63) is 53.1 Å². The van der Waals surface area contributed by atoms with Crippen molar-refractivity contribution in [1.29, 1.82) is 0 Å². The Balaban J connectivity index is 2.21. The third-order valence-electron chi connectivity index (χ3n) is 4.69. The highest BCUT2D eigenvalue weighted by Crippen LogP contribution is 2.46. The van der Waals surface area contributed by atoms with E-state index in [4.69, 9.17) is 4.74 Å². The summed E-state index contributed by atoms with van der Waals surface area (Å²) in [4.78, 5) is 29.5. The Morgan fingerprint density at radius 2 is 2.12 bits per heavy atom. The fourth-order valence-electron chi connectivity index (χ4n) is 3.77. The van der Waals surface area contributed by atoms with Gasteiger partial charge in [0.1, 0.15) is 5.78 Å². The standard InChI is InChI=1S/C19H22N2O3/c1-11-15(18(23)24-4)16(12-6-5-7-20-10-12)17-13(21-11)8-19(2,3)9-14(17)22/h5-8,10,16-17,21H,9H2,1-4H3. The molecule has 1 N–H and O–H groups in total. The summed E-state index contributed by atoms with van der Waals surface area (Å²) in [6.07, 6.45) is 5.96. The summed E-state index contributed by atoms with van der Waals surface area (Å²) in [5.74, 6) is -1.06. The van der Waals surface area contributed by atoms with E-state index in [2.05, 4.69) is 16.4 Å². The van der Waals surface area contributed by atoms with Crippen LogP contribution in [0.1, 0.15) is 38.7 Å². The molecule has 0 amide bonds. The maximum Gasteiger partial charge on any atom is 0.336 e. The first kappa shape index (κ1) is 16.4. The molecule has 2 aliphatic rings. The first-order chi connectivity index (χ1) is 11.3. The molecule has 2 heterocycles. The smallest absolute Gasteiger partial charge is 0.336 e. The molecule has 2 unspecified atom stereocenters. The van der Waals surface area contributed by atoms with Crippen molar-refractivity contribution in [2.75, 3.05) is 7.11 Å². The summed E-state index contributed by atoms with van der Waals surface area (Å²) in [5, 5.41) is 3.27. The Morgan fingerprint density at radius 3 is 2.75 bits per heavy atom. The number of allylic oxidation sites excluding steroid dienone is 3. The molecule has 0 aromatic carbocycles. The van der Waals surface area contributed by atoms with Gasteiger partial charge in [-0.15, -0.1) is 0 Å². The molecule has 5 heteroatoms. The minimum atomic E-state index is -0.412. The van der Waals surface area contributed by atoms with Gasteiger partial charge in [0.15, 0.2) is 0 Å². The average Bonchev–Trinajstić information content (AvgIpc) is 2.52. The summed E-state index contributed by atoms with van der Waals surface area (Å²) < 4.78 is 4.98. The van der Waals surface area contributed by atoms with Gasteiger partial charge in [0.25, 0.3) is 0 Å². The predicted octanol–water partition coefficient (Wildman–Crippen LogP) is 2.71. The van der Waals surface area contributed by atoms with Gasteiger partial charge in [-0.2, -0.15) is 0 Å². The summed E-state index contributed by atoms with van der Waals surface area (Å²) in [5.41, 5.74) is 2.75. The van der Waals surface area contributed by atoms with Crippen LogP contribution >= 0.6 is 0 Å². The SMILES string of the molecule is COC(=O)C1=C(C)NC2=CC(C)(C)CC(=O)C2C1c1cccnc1. The molecule has 3 rings (SSSR count). The maximum atomic E-state index is 12.9. The number of esters is 1. The molecule has 0 spiro atoms. The van der Waals surface area contributed by atoms with Crippen molar-refractivity contribution >= 4 is 11.8 Å². The van der Waals surface area contributed by atoms with Crippen LogP contribution in [-0.4, -0.2) is 23.8 Å². The van der Waals surface area contributed by atoms with Gasteiger partial charge in [0.05, 0.1) is 18.6 Å². The summed E-state index contributed by atoms with van der Waals surface area (Å²) in [6, 6.07) is 3.73. The van der Waals surface area contributed by atoms with Crippen molar-refractivity contribution in [3.63, 3.8) is 0 Å². The zero-order chi connectivity index (χ0) is 17.5. The van der Waals surface area contributed by atoms with Gasteiger partial charge >= 0.3 is 5.97 Å². The van der Waals surface area contributed by atoms with Gasteiger partial charge in [-0.1, -0.05) is 26.0 Å². The molecule has 0 bridgehead atoms. The quantitative estimate of drug-likeness (QED) is 0.846. The van der Waals surface area contributed by atoms with Crippen molar-refractivity contribution in [2.24, 2.45) is 11.3 Å². The minimum absolute atomic E-state index is 0.132. The second kappa shape index (κ2) is 5.89. The lowest BCUT2D eigenvalue weighted by molar-refractivity contribution is -0.136. The van der Waals surface area contributed by atoms with Gasteiger partial charge in [-0.25, -0.2) is 4.79 Å². The molecule has 24 heavy (non-hydrogen) atoms. The lowest BCUT2D eigenvalue weighted by Crippen LogP contribution is -2.43. The van der Waals surface area contributed by atoms with Crippen LogP contribution in [-0.2, 0) is 14.3 Å². The highest BCUT2D eigenvalue weighted by Gasteiger charge is 2.46. The van der Waals surface area contributed by atoms with E-state index in [1.54, 1.807) is 12.4 Å². The number of methoxy groups -OCH3 is 1. The number of pyridine rings is 1. The second-order valence-corrected chi connectivity index (χ2v) is 7.13. The van der Waals surface area contributed by atoms with Crippen molar-refractivity contribution in [3.8, 4) is 0 Å². The predicted molar refractivity (Wildman–Crippen MR) is 89.8 cm³/mol. The Labute approximate surface area is 141 Å². The van der Waals surface area contributed by atoms with Gasteiger partial charge in [0, 0.05) is 36.1 Å². The second-order valence-electron chi connectivity index (χ2n) is 7.13. The van der Waals surface area contributed by atoms with Crippen molar-refractivity contribution in [2.45, 2.75) is 33.1 Å². The minimum Gasteiger partial charge on any atom is -0.466 e. The zero-order valence-corrected chi connectivity index (χ0v) is 14.4. The molecule has 1 aliphatic carbocycles. The molecule has 126 valence electrons. The lowest BCUT2D eigenvalue weighted by atomic mass is 9.66. The molecule has 0 saturated carbocycles. The van der Waals surface area contributed by atoms with E-state index in [0.29, 0.717) is 12.0 Å². The van der Waals surface area contributed by atoms with Crippen molar-refractivity contribution < 1.29 is 14.3 Å². The molecule has 0 radical (unpaired) electrons. The number of Topliss-reactive ketones (excluding diaryl/α,β-unsaturated/α-hetero) is 1. The number of aromatic nitrogens is 1. The Morgan fingerprint density at radius 1 is 1.38 bits per heavy atom. The molecule has 0 fully saturated rings. The Hall–Kier alpha value is -2.43.